The SMILES string of the molecule is CC1C(=O)CC2C(C)(C)C2(C)C[C@H]1C. The summed E-state index contributed by atoms with van der Waals surface area (Å²) in [4.78, 5) is 11.9. The van der Waals surface area contributed by atoms with Crippen molar-refractivity contribution in [3.05, 3.63) is 0 Å². The molecule has 2 aliphatic rings. The highest BCUT2D eigenvalue weighted by Gasteiger charge is 2.68. The summed E-state index contributed by atoms with van der Waals surface area (Å²) in [7, 11) is 0. The van der Waals surface area contributed by atoms with E-state index >= 15 is 0 Å². The molecule has 0 aliphatic heterocycles. The van der Waals surface area contributed by atoms with E-state index in [1.807, 2.05) is 0 Å². The average molecular weight is 194 g/mol. The zero-order valence-corrected chi connectivity index (χ0v) is 10.1. The monoisotopic (exact) mass is 194 g/mol. The van der Waals surface area contributed by atoms with Crippen molar-refractivity contribution in [1.82, 2.24) is 0 Å². The van der Waals surface area contributed by atoms with E-state index in [1.54, 1.807) is 0 Å². The topological polar surface area (TPSA) is 17.1 Å². The normalized spacial score (nSPS) is 50.9. The molecule has 0 saturated heterocycles. The molecule has 0 amide bonds. The Hall–Kier alpha value is -0.330. The van der Waals surface area contributed by atoms with Gasteiger partial charge in [-0.05, 0) is 29.1 Å². The van der Waals surface area contributed by atoms with Crippen molar-refractivity contribution in [1.29, 1.82) is 0 Å². The van der Waals surface area contributed by atoms with E-state index < -0.39 is 0 Å². The summed E-state index contributed by atoms with van der Waals surface area (Å²) >= 11 is 0. The Labute approximate surface area is 87.3 Å². The van der Waals surface area contributed by atoms with Gasteiger partial charge in [0.05, 0.1) is 0 Å². The molecule has 3 unspecified atom stereocenters. The lowest BCUT2D eigenvalue weighted by Crippen LogP contribution is -2.20. The summed E-state index contributed by atoms with van der Waals surface area (Å²) in [5.74, 6) is 2.00. The highest BCUT2D eigenvalue weighted by Crippen LogP contribution is 2.74. The van der Waals surface area contributed by atoms with Crippen LogP contribution in [0.25, 0.3) is 0 Å². The predicted molar refractivity (Wildman–Crippen MR) is 57.9 cm³/mol. The number of fused-ring (bicyclic) bond motifs is 1. The standard InChI is InChI=1S/C13H22O/c1-8-7-13(5)11(12(13,3)4)6-10(14)9(8)2/h8-9,11H,6-7H2,1-5H3/t8-,9?,11?,13?/m1/s1. The zero-order chi connectivity index (χ0) is 10.7. The van der Waals surface area contributed by atoms with Crippen molar-refractivity contribution in [3.63, 3.8) is 0 Å². The van der Waals surface area contributed by atoms with Crippen molar-refractivity contribution in [2.24, 2.45) is 28.6 Å². The summed E-state index contributed by atoms with van der Waals surface area (Å²) in [6, 6.07) is 0. The van der Waals surface area contributed by atoms with Crippen LogP contribution >= 0.6 is 0 Å². The van der Waals surface area contributed by atoms with E-state index in [0.29, 0.717) is 28.4 Å². The molecule has 0 N–H and O–H groups in total. The Kier molecular flexibility index (Phi) is 1.91. The molecule has 0 radical (unpaired) electrons. The molecule has 0 aromatic rings. The molecule has 1 heteroatoms. The van der Waals surface area contributed by atoms with Crippen molar-refractivity contribution < 1.29 is 4.79 Å². The minimum atomic E-state index is 0.287. The molecule has 2 rings (SSSR count). The van der Waals surface area contributed by atoms with Gasteiger partial charge >= 0.3 is 0 Å². The zero-order valence-electron chi connectivity index (χ0n) is 10.1. The lowest BCUT2D eigenvalue weighted by atomic mass is 9.82. The molecule has 2 fully saturated rings. The van der Waals surface area contributed by atoms with E-state index in [2.05, 4.69) is 34.6 Å². The molecule has 0 bridgehead atoms. The van der Waals surface area contributed by atoms with Gasteiger partial charge in [0.15, 0.2) is 0 Å². The summed E-state index contributed by atoms with van der Waals surface area (Å²) in [5, 5.41) is 0. The van der Waals surface area contributed by atoms with Crippen LogP contribution in [0.5, 0.6) is 0 Å². The molecule has 0 heterocycles. The fraction of sp³-hybridized carbons (Fsp3) is 0.923. The van der Waals surface area contributed by atoms with Gasteiger partial charge in [0, 0.05) is 12.3 Å². The van der Waals surface area contributed by atoms with Gasteiger partial charge in [0.25, 0.3) is 0 Å². The second kappa shape index (κ2) is 2.62. The quantitative estimate of drug-likeness (QED) is 0.578. The minimum absolute atomic E-state index is 0.287. The first-order valence-corrected chi connectivity index (χ1v) is 5.83. The van der Waals surface area contributed by atoms with Crippen molar-refractivity contribution in [2.75, 3.05) is 0 Å². The van der Waals surface area contributed by atoms with Gasteiger partial charge in [-0.25, -0.2) is 0 Å². The molecule has 1 nitrogen and oxygen atoms in total. The van der Waals surface area contributed by atoms with Gasteiger partial charge < -0.3 is 0 Å². The molecule has 14 heavy (non-hydrogen) atoms. The smallest absolute Gasteiger partial charge is 0.136 e. The number of ketones is 1. The Balaban J connectivity index is 2.26. The van der Waals surface area contributed by atoms with Crippen LogP contribution in [-0.4, -0.2) is 5.78 Å². The maximum Gasteiger partial charge on any atom is 0.136 e. The Bertz CT molecular complexity index is 279. The molecular formula is C13H22O. The maximum atomic E-state index is 11.9. The van der Waals surface area contributed by atoms with Gasteiger partial charge in [0.1, 0.15) is 5.78 Å². The van der Waals surface area contributed by atoms with Crippen molar-refractivity contribution in [3.8, 4) is 0 Å². The lowest BCUT2D eigenvalue weighted by Gasteiger charge is -2.22. The molecule has 0 aromatic carbocycles. The number of Topliss-reactive ketones (excluding diaryl/α,β-unsaturated/α-hetero) is 1. The Morgan fingerprint density at radius 1 is 1.21 bits per heavy atom. The van der Waals surface area contributed by atoms with E-state index in [0.717, 1.165) is 6.42 Å². The summed E-state index contributed by atoms with van der Waals surface area (Å²) in [5.41, 5.74) is 0.837. The van der Waals surface area contributed by atoms with E-state index in [1.165, 1.54) is 6.42 Å². The van der Waals surface area contributed by atoms with E-state index in [-0.39, 0.29) is 5.92 Å². The average Bonchev–Trinajstić information content (AvgIpc) is 2.50. The number of hydrogen-bond acceptors (Lipinski definition) is 1. The van der Waals surface area contributed by atoms with E-state index in [9.17, 15) is 4.79 Å². The highest BCUT2D eigenvalue weighted by molar-refractivity contribution is 5.82. The third-order valence-corrected chi connectivity index (χ3v) is 5.54. The third-order valence-electron chi connectivity index (χ3n) is 5.54. The van der Waals surface area contributed by atoms with E-state index in [4.69, 9.17) is 0 Å². The summed E-state index contributed by atoms with van der Waals surface area (Å²) in [6.07, 6.45) is 2.06. The van der Waals surface area contributed by atoms with Crippen LogP contribution in [0, 0.1) is 28.6 Å². The Morgan fingerprint density at radius 3 is 2.36 bits per heavy atom. The Morgan fingerprint density at radius 2 is 1.79 bits per heavy atom. The molecular weight excluding hydrogens is 172 g/mol. The first-order chi connectivity index (χ1) is 6.30. The molecule has 4 atom stereocenters. The molecule has 2 saturated carbocycles. The third kappa shape index (κ3) is 1.04. The van der Waals surface area contributed by atoms with Crippen LogP contribution < -0.4 is 0 Å². The first kappa shape index (κ1) is 10.2. The number of carbonyl (C=O) groups is 1. The van der Waals surface area contributed by atoms with Crippen LogP contribution in [0.4, 0.5) is 0 Å². The minimum Gasteiger partial charge on any atom is -0.299 e. The van der Waals surface area contributed by atoms with Crippen molar-refractivity contribution >= 4 is 5.78 Å². The largest absolute Gasteiger partial charge is 0.299 e. The van der Waals surface area contributed by atoms with Gasteiger partial charge in [-0.2, -0.15) is 0 Å². The van der Waals surface area contributed by atoms with Gasteiger partial charge in [-0.15, -0.1) is 0 Å². The molecule has 2 aliphatic carbocycles. The molecule has 0 aromatic heterocycles. The summed E-state index contributed by atoms with van der Waals surface area (Å²) in [6.45, 7) is 11.4. The lowest BCUT2D eigenvalue weighted by molar-refractivity contribution is -0.123. The summed E-state index contributed by atoms with van der Waals surface area (Å²) < 4.78 is 0. The van der Waals surface area contributed by atoms with Crippen LogP contribution in [0.15, 0.2) is 0 Å². The predicted octanol–water partition coefficient (Wildman–Crippen LogP) is 3.28. The molecule has 80 valence electrons. The fourth-order valence-electron chi connectivity index (χ4n) is 3.63. The molecule has 0 spiro atoms. The van der Waals surface area contributed by atoms with Crippen LogP contribution in [-0.2, 0) is 4.79 Å². The van der Waals surface area contributed by atoms with Gasteiger partial charge in [0.2, 0.25) is 0 Å². The highest BCUT2D eigenvalue weighted by atomic mass is 16.1. The second-order valence-corrected chi connectivity index (χ2v) is 6.33. The second-order valence-electron chi connectivity index (χ2n) is 6.33. The van der Waals surface area contributed by atoms with Crippen LogP contribution in [0.2, 0.25) is 0 Å². The van der Waals surface area contributed by atoms with Crippen molar-refractivity contribution in [2.45, 2.75) is 47.5 Å². The number of hydrogen-bond donors (Lipinski definition) is 0. The van der Waals surface area contributed by atoms with Gasteiger partial charge in [-0.1, -0.05) is 34.6 Å². The van der Waals surface area contributed by atoms with Crippen LogP contribution in [0.3, 0.4) is 0 Å². The maximum absolute atomic E-state index is 11.9. The number of rotatable bonds is 0. The van der Waals surface area contributed by atoms with Gasteiger partial charge in [-0.3, -0.25) is 4.79 Å². The fourth-order valence-corrected chi connectivity index (χ4v) is 3.63. The first-order valence-electron chi connectivity index (χ1n) is 5.83. The number of carbonyl (C=O) groups excluding carboxylic acids is 1. The van der Waals surface area contributed by atoms with Crippen LogP contribution in [0.1, 0.15) is 47.5 Å².